The van der Waals surface area contributed by atoms with Crippen molar-refractivity contribution in [2.24, 2.45) is 54.4 Å². The average molecular weight is 406 g/mol. The van der Waals surface area contributed by atoms with Gasteiger partial charge >= 0.3 is 20.8 Å². The van der Waals surface area contributed by atoms with Crippen LogP contribution < -0.4 is 34.4 Å². The van der Waals surface area contributed by atoms with E-state index < -0.39 is 20.8 Å². The molecule has 0 saturated heterocycles. The van der Waals surface area contributed by atoms with Crippen molar-refractivity contribution in [2.75, 3.05) is 13.1 Å². The molecule has 0 aliphatic heterocycles. The smallest absolute Gasteiger partial charge is 0.370 e. The Morgan fingerprint density at radius 1 is 0.720 bits per heavy atom. The van der Waals surface area contributed by atoms with Gasteiger partial charge in [-0.15, -0.1) is 3.63 Å². The first kappa shape index (κ1) is 24.5. The molecule has 0 aromatic carbocycles. The van der Waals surface area contributed by atoms with Gasteiger partial charge in [0, 0.05) is 0 Å². The van der Waals surface area contributed by atoms with Crippen molar-refractivity contribution in [1.29, 1.82) is 0 Å². The molecular formula is C6H18N10O7S2. The van der Waals surface area contributed by atoms with E-state index in [-0.39, 0.29) is 36.9 Å². The van der Waals surface area contributed by atoms with Crippen LogP contribution in [0.2, 0.25) is 0 Å². The van der Waals surface area contributed by atoms with Crippen LogP contribution in [0, 0.1) is 0 Å². The molecule has 146 valence electrons. The number of aliphatic imine (C=N–C) groups is 4. The van der Waals surface area contributed by atoms with E-state index in [0.29, 0.717) is 0 Å². The maximum absolute atomic E-state index is 9.44. The topological polar surface area (TPSA) is 324 Å². The first-order valence-corrected chi connectivity index (χ1v) is 8.30. The van der Waals surface area contributed by atoms with Gasteiger partial charge in [0.2, 0.25) is 11.9 Å². The Morgan fingerprint density at radius 2 is 1.00 bits per heavy atom. The van der Waals surface area contributed by atoms with Crippen molar-refractivity contribution in [2.45, 2.75) is 0 Å². The summed E-state index contributed by atoms with van der Waals surface area (Å²) in [7, 11) is -10.2. The summed E-state index contributed by atoms with van der Waals surface area (Å²) in [6.45, 7) is 0.534. The van der Waals surface area contributed by atoms with Crippen LogP contribution in [0.25, 0.3) is 0 Å². The van der Waals surface area contributed by atoms with Crippen molar-refractivity contribution < 1.29 is 29.6 Å². The number of rotatable bonds is 5. The summed E-state index contributed by atoms with van der Waals surface area (Å²) in [5.74, 6) is -0.388. The van der Waals surface area contributed by atoms with Crippen LogP contribution in [0.1, 0.15) is 0 Å². The Kier molecular flexibility index (Phi) is 10.7. The van der Waals surface area contributed by atoms with Crippen LogP contribution >= 0.6 is 0 Å². The quantitative estimate of drug-likeness (QED) is 0.0916. The molecule has 0 radical (unpaired) electrons. The fourth-order valence-corrected chi connectivity index (χ4v) is 1.64. The molecule has 0 saturated carbocycles. The molecule has 25 heavy (non-hydrogen) atoms. The van der Waals surface area contributed by atoms with Gasteiger partial charge in [-0.2, -0.15) is 26.8 Å². The highest BCUT2D eigenvalue weighted by atomic mass is 32.3. The molecule has 0 heterocycles. The number of nitrogens with two attached hydrogens (primary N) is 6. The monoisotopic (exact) mass is 406 g/mol. The molecule has 19 heteroatoms. The summed E-state index contributed by atoms with van der Waals surface area (Å²) >= 11 is 0. The van der Waals surface area contributed by atoms with Gasteiger partial charge in [-0.25, -0.2) is 9.98 Å². The van der Waals surface area contributed by atoms with Crippen LogP contribution in [-0.4, -0.2) is 62.9 Å². The summed E-state index contributed by atoms with van der Waals surface area (Å²) in [4.78, 5) is 14.6. The predicted octanol–water partition coefficient (Wildman–Crippen LogP) is -5.23. The van der Waals surface area contributed by atoms with Crippen molar-refractivity contribution in [3.63, 3.8) is 0 Å². The van der Waals surface area contributed by atoms with E-state index in [0.717, 1.165) is 0 Å². The SMILES string of the molecule is NC(N)=NC(N)=NCCN=C(N)N=C(N)N.O=S(=O)(O)OS(=O)(=O)O. The molecule has 0 rings (SSSR count). The standard InChI is InChI=1S/C6H16N10.H2O7S2/c7-3(8)15-5(11)13-1-2-14-6(12)16-4(9)10;1-8(2,3)7-9(4,5)6/h1-2H2,(H6,7,8,11,13,15)(H6,9,10,12,14,16);(H,1,2,3)(H,4,5,6). The predicted molar refractivity (Wildman–Crippen MR) is 88.8 cm³/mol. The largest absolute Gasteiger partial charge is 0.413 e. The minimum atomic E-state index is -5.12. The molecule has 0 aliphatic rings. The minimum Gasteiger partial charge on any atom is -0.370 e. The van der Waals surface area contributed by atoms with Crippen LogP contribution in [0.3, 0.4) is 0 Å². The van der Waals surface area contributed by atoms with Gasteiger partial charge in [0.1, 0.15) is 0 Å². The van der Waals surface area contributed by atoms with Crippen molar-refractivity contribution in [3.05, 3.63) is 0 Å². The zero-order valence-corrected chi connectivity index (χ0v) is 14.1. The van der Waals surface area contributed by atoms with Gasteiger partial charge < -0.3 is 34.4 Å². The molecule has 0 atom stereocenters. The van der Waals surface area contributed by atoms with Gasteiger partial charge in [-0.05, 0) is 0 Å². The highest BCUT2D eigenvalue weighted by Gasteiger charge is 2.15. The van der Waals surface area contributed by atoms with Gasteiger partial charge in [0.25, 0.3) is 0 Å². The summed E-state index contributed by atoms with van der Waals surface area (Å²) < 4.78 is 55.6. The van der Waals surface area contributed by atoms with E-state index in [1.54, 1.807) is 0 Å². The number of hydrogen-bond donors (Lipinski definition) is 8. The van der Waals surface area contributed by atoms with E-state index >= 15 is 0 Å². The van der Waals surface area contributed by atoms with Crippen LogP contribution in [0.5, 0.6) is 0 Å². The molecule has 0 aromatic heterocycles. The van der Waals surface area contributed by atoms with Gasteiger partial charge in [-0.3, -0.25) is 9.11 Å². The third-order valence-corrected chi connectivity index (χ3v) is 2.68. The normalized spacial score (nSPS) is 12.6. The van der Waals surface area contributed by atoms with Gasteiger partial charge in [0.15, 0.2) is 11.9 Å². The lowest BCUT2D eigenvalue weighted by Gasteiger charge is -1.95. The Balaban J connectivity index is 0. The average Bonchev–Trinajstić information content (AvgIpc) is 2.28. The highest BCUT2D eigenvalue weighted by Crippen LogP contribution is 1.91. The Bertz CT molecular complexity index is 681. The molecule has 0 unspecified atom stereocenters. The number of guanidine groups is 4. The van der Waals surface area contributed by atoms with Gasteiger partial charge in [-0.1, -0.05) is 0 Å². The minimum absolute atomic E-state index is 0.0318. The fourth-order valence-electron chi connectivity index (χ4n) is 0.773. The molecule has 14 N–H and O–H groups in total. The second-order valence-electron chi connectivity index (χ2n) is 3.48. The first-order valence-electron chi connectivity index (χ1n) is 5.57. The fraction of sp³-hybridized carbons (Fsp3) is 0.333. The van der Waals surface area contributed by atoms with Gasteiger partial charge in [0.05, 0.1) is 13.1 Å². The molecule has 0 amide bonds. The number of hydrogen-bond acceptors (Lipinski definition) is 7. The third-order valence-electron chi connectivity index (χ3n) is 1.31. The second kappa shape index (κ2) is 10.9. The van der Waals surface area contributed by atoms with E-state index in [9.17, 15) is 16.8 Å². The molecule has 0 fully saturated rings. The summed E-state index contributed by atoms with van der Waals surface area (Å²) in [6.07, 6.45) is 0. The first-order chi connectivity index (χ1) is 11.1. The molecule has 0 spiro atoms. The maximum Gasteiger partial charge on any atom is 0.413 e. The van der Waals surface area contributed by atoms with Crippen LogP contribution in [0.4, 0.5) is 0 Å². The van der Waals surface area contributed by atoms with Crippen LogP contribution in [-0.2, 0) is 24.4 Å². The Morgan fingerprint density at radius 3 is 1.16 bits per heavy atom. The molecule has 0 aromatic rings. The number of nitrogens with zero attached hydrogens (tertiary/aromatic N) is 4. The third kappa shape index (κ3) is 23.7. The Hall–Kier alpha value is -2.74. The van der Waals surface area contributed by atoms with E-state index in [4.69, 9.17) is 43.5 Å². The molecule has 0 aliphatic carbocycles. The van der Waals surface area contributed by atoms with E-state index in [1.807, 2.05) is 0 Å². The summed E-state index contributed by atoms with van der Waals surface area (Å²) in [5.41, 5.74) is 31.0. The second-order valence-corrected chi connectivity index (χ2v) is 5.73. The molecule has 0 bridgehead atoms. The lowest BCUT2D eigenvalue weighted by molar-refractivity contribution is 0.344. The summed E-state index contributed by atoms with van der Waals surface area (Å²) in [6, 6.07) is 0. The molecule has 17 nitrogen and oxygen atoms in total. The summed E-state index contributed by atoms with van der Waals surface area (Å²) in [5, 5.41) is 0. The molecular weight excluding hydrogens is 388 g/mol. The Labute approximate surface area is 142 Å². The van der Waals surface area contributed by atoms with Crippen molar-refractivity contribution in [1.82, 2.24) is 0 Å². The van der Waals surface area contributed by atoms with E-state index in [1.165, 1.54) is 0 Å². The van der Waals surface area contributed by atoms with E-state index in [2.05, 4.69) is 23.6 Å². The maximum atomic E-state index is 9.44. The zero-order chi connectivity index (χ0) is 20.3. The van der Waals surface area contributed by atoms with Crippen LogP contribution in [0.15, 0.2) is 20.0 Å². The zero-order valence-electron chi connectivity index (χ0n) is 12.4. The van der Waals surface area contributed by atoms with Crippen molar-refractivity contribution in [3.8, 4) is 0 Å². The lowest BCUT2D eigenvalue weighted by Crippen LogP contribution is -2.27. The lowest BCUT2D eigenvalue weighted by atomic mass is 10.6. The van der Waals surface area contributed by atoms with Crippen molar-refractivity contribution >= 4 is 44.6 Å². The highest BCUT2D eigenvalue weighted by molar-refractivity contribution is 7.94.